The number of anilines is 2. The van der Waals surface area contributed by atoms with Crippen LogP contribution in [0.2, 0.25) is 0 Å². The maximum Gasteiger partial charge on any atom is 0.308 e. The van der Waals surface area contributed by atoms with Gasteiger partial charge in [0.05, 0.1) is 16.6 Å². The van der Waals surface area contributed by atoms with E-state index in [1.165, 1.54) is 32.6 Å². The van der Waals surface area contributed by atoms with Crippen molar-refractivity contribution in [3.05, 3.63) is 96.0 Å². The van der Waals surface area contributed by atoms with Crippen LogP contribution in [0, 0.1) is 5.92 Å². The van der Waals surface area contributed by atoms with Gasteiger partial charge >= 0.3 is 4.87 Å². The highest BCUT2D eigenvalue weighted by Gasteiger charge is 2.57. The van der Waals surface area contributed by atoms with E-state index < -0.39 is 17.1 Å². The number of thiophene rings is 1. The Morgan fingerprint density at radius 3 is 2.41 bits per heavy atom. The summed E-state index contributed by atoms with van der Waals surface area (Å²) in [5, 5.41) is 4.62. The van der Waals surface area contributed by atoms with Crippen molar-refractivity contribution in [1.29, 1.82) is 0 Å². The van der Waals surface area contributed by atoms with Gasteiger partial charge in [0.15, 0.2) is 0 Å². The fourth-order valence-corrected chi connectivity index (χ4v) is 8.73. The van der Waals surface area contributed by atoms with Crippen molar-refractivity contribution in [1.82, 2.24) is 4.57 Å². The van der Waals surface area contributed by atoms with Crippen LogP contribution in [0.25, 0.3) is 0 Å². The van der Waals surface area contributed by atoms with Crippen LogP contribution < -0.4 is 15.1 Å². The third-order valence-corrected chi connectivity index (χ3v) is 10.4. The maximum atomic E-state index is 13.8. The lowest BCUT2D eigenvalue weighted by Gasteiger charge is -2.29. The molecule has 6 rings (SSSR count). The Balaban J connectivity index is 1.39. The van der Waals surface area contributed by atoms with Crippen LogP contribution in [-0.2, 0) is 20.9 Å². The zero-order valence-electron chi connectivity index (χ0n) is 19.0. The smallest absolute Gasteiger partial charge is 0.308 e. The molecule has 1 fully saturated rings. The lowest BCUT2D eigenvalue weighted by Crippen LogP contribution is -2.32. The first kappa shape index (κ1) is 24.4. The van der Waals surface area contributed by atoms with E-state index in [2.05, 4.69) is 21.2 Å². The Hall–Kier alpha value is -2.99. The summed E-state index contributed by atoms with van der Waals surface area (Å²) < 4.78 is 2.28. The molecule has 0 saturated carbocycles. The molecular formula is C26H18BrN3O4S3. The van der Waals surface area contributed by atoms with Gasteiger partial charge in [0, 0.05) is 25.8 Å². The number of amides is 3. The van der Waals surface area contributed by atoms with Crippen LogP contribution in [0.5, 0.6) is 0 Å². The summed E-state index contributed by atoms with van der Waals surface area (Å²) in [5.41, 5.74) is 1.15. The summed E-state index contributed by atoms with van der Waals surface area (Å²) in [6, 6.07) is 19.9. The highest BCUT2D eigenvalue weighted by Crippen LogP contribution is 2.54. The van der Waals surface area contributed by atoms with Gasteiger partial charge in [-0.25, -0.2) is 4.90 Å². The number of nitrogens with one attached hydrogen (secondary N) is 1. The second-order valence-electron chi connectivity index (χ2n) is 8.58. The molecule has 1 N–H and O–H groups in total. The molecule has 0 radical (unpaired) electrons. The van der Waals surface area contributed by atoms with Gasteiger partial charge in [-0.1, -0.05) is 63.3 Å². The second-order valence-corrected chi connectivity index (χ2v) is 12.6. The Morgan fingerprint density at radius 1 is 0.946 bits per heavy atom. The van der Waals surface area contributed by atoms with Crippen molar-refractivity contribution >= 4 is 79.5 Å². The molecule has 2 aromatic carbocycles. The molecule has 7 nitrogen and oxygen atoms in total. The average molecular weight is 613 g/mol. The molecule has 2 aliphatic heterocycles. The number of carbonyl (C=O) groups is 3. The molecule has 37 heavy (non-hydrogen) atoms. The zero-order chi connectivity index (χ0) is 25.7. The highest BCUT2D eigenvalue weighted by molar-refractivity contribution is 9.10. The fraction of sp³-hybridized carbons (Fsp3) is 0.154. The number of thiazole rings is 1. The number of para-hydroxylation sites is 1. The minimum atomic E-state index is -0.701. The largest absolute Gasteiger partial charge is 0.325 e. The standard InChI is InChI=1S/C26H18BrN3O4S3/c27-14-8-10-16(11-9-14)30-23(32)20-19(17-7-4-12-35-17)22-25(36-21(20)24(30)33)29(26(34)37-22)13-18(31)28-15-5-2-1-3-6-15/h1-12,19-21H,13H2,(H,28,31)/t19-,20?,21?/m0/s1. The van der Waals surface area contributed by atoms with Crippen molar-refractivity contribution < 1.29 is 14.4 Å². The normalized spacial score (nSPS) is 20.6. The first-order valence-electron chi connectivity index (χ1n) is 11.3. The van der Waals surface area contributed by atoms with Gasteiger partial charge in [-0.3, -0.25) is 23.7 Å². The zero-order valence-corrected chi connectivity index (χ0v) is 23.0. The molecule has 4 aromatic rings. The Bertz CT molecular complexity index is 1560. The third-order valence-electron chi connectivity index (χ3n) is 6.34. The third kappa shape index (κ3) is 4.29. The van der Waals surface area contributed by atoms with Gasteiger partial charge in [-0.2, -0.15) is 0 Å². The van der Waals surface area contributed by atoms with Crippen molar-refractivity contribution in [3.8, 4) is 0 Å². The number of hydrogen-bond acceptors (Lipinski definition) is 7. The van der Waals surface area contributed by atoms with Gasteiger partial charge in [0.1, 0.15) is 11.8 Å². The first-order chi connectivity index (χ1) is 17.9. The maximum absolute atomic E-state index is 13.8. The Kier molecular flexibility index (Phi) is 6.39. The number of halogens is 1. The summed E-state index contributed by atoms with van der Waals surface area (Å²) in [4.78, 5) is 56.0. The van der Waals surface area contributed by atoms with E-state index in [0.29, 0.717) is 16.4 Å². The van der Waals surface area contributed by atoms with E-state index in [1.54, 1.807) is 36.4 Å². The van der Waals surface area contributed by atoms with Crippen molar-refractivity contribution in [2.24, 2.45) is 5.92 Å². The van der Waals surface area contributed by atoms with Crippen LogP contribution in [0.15, 0.2) is 86.4 Å². The molecule has 2 aromatic heterocycles. The van der Waals surface area contributed by atoms with Gasteiger partial charge in [-0.05, 0) is 47.8 Å². The average Bonchev–Trinajstić information content (AvgIpc) is 3.58. The van der Waals surface area contributed by atoms with Crippen molar-refractivity contribution in [2.75, 3.05) is 10.2 Å². The van der Waals surface area contributed by atoms with Gasteiger partial charge in [0.25, 0.3) is 0 Å². The molecule has 1 saturated heterocycles. The molecule has 0 bridgehead atoms. The predicted octanol–water partition coefficient (Wildman–Crippen LogP) is 5.17. The van der Waals surface area contributed by atoms with E-state index >= 15 is 0 Å². The molecule has 0 spiro atoms. The highest BCUT2D eigenvalue weighted by atomic mass is 79.9. The molecule has 3 atom stereocenters. The van der Waals surface area contributed by atoms with E-state index in [1.807, 2.05) is 35.7 Å². The quantitative estimate of drug-likeness (QED) is 0.315. The summed E-state index contributed by atoms with van der Waals surface area (Å²) in [7, 11) is 0. The number of benzene rings is 2. The summed E-state index contributed by atoms with van der Waals surface area (Å²) in [6.45, 7) is -0.181. The number of fused-ring (bicyclic) bond motifs is 2. The lowest BCUT2D eigenvalue weighted by atomic mass is 9.87. The van der Waals surface area contributed by atoms with Crippen LogP contribution in [0.4, 0.5) is 11.4 Å². The number of rotatable bonds is 5. The van der Waals surface area contributed by atoms with E-state index in [-0.39, 0.29) is 29.1 Å². The van der Waals surface area contributed by atoms with E-state index in [9.17, 15) is 19.2 Å². The molecule has 0 aliphatic carbocycles. The molecule has 4 heterocycles. The van der Waals surface area contributed by atoms with Crippen LogP contribution >= 0.6 is 50.4 Å². The minimum Gasteiger partial charge on any atom is -0.325 e. The molecular weight excluding hydrogens is 594 g/mol. The second kappa shape index (κ2) is 9.71. The summed E-state index contributed by atoms with van der Waals surface area (Å²) in [5.74, 6) is -2.00. The monoisotopic (exact) mass is 611 g/mol. The van der Waals surface area contributed by atoms with Crippen molar-refractivity contribution in [3.63, 3.8) is 0 Å². The number of thioether (sulfide) groups is 1. The number of hydrogen-bond donors (Lipinski definition) is 1. The molecule has 2 unspecified atom stereocenters. The number of nitrogens with zero attached hydrogens (tertiary/aromatic N) is 2. The van der Waals surface area contributed by atoms with E-state index in [4.69, 9.17) is 0 Å². The first-order valence-corrected chi connectivity index (χ1v) is 14.7. The fourth-order valence-electron chi connectivity index (χ4n) is 4.74. The number of aromatic nitrogens is 1. The van der Waals surface area contributed by atoms with Crippen LogP contribution in [0.1, 0.15) is 15.7 Å². The minimum absolute atomic E-state index is 0.181. The molecule has 11 heteroatoms. The molecule has 186 valence electrons. The van der Waals surface area contributed by atoms with Crippen molar-refractivity contribution in [2.45, 2.75) is 22.7 Å². The molecule has 2 aliphatic rings. The van der Waals surface area contributed by atoms with Crippen LogP contribution in [0.3, 0.4) is 0 Å². The predicted molar refractivity (Wildman–Crippen MR) is 150 cm³/mol. The summed E-state index contributed by atoms with van der Waals surface area (Å²) in [6.07, 6.45) is 0. The van der Waals surface area contributed by atoms with E-state index in [0.717, 1.165) is 25.6 Å². The van der Waals surface area contributed by atoms with Gasteiger partial charge in [0.2, 0.25) is 17.7 Å². The molecule has 3 amide bonds. The Labute approximate surface area is 232 Å². The SMILES string of the molecule is O=C(Cn1c2c(sc1=O)[C@@H](c1cccs1)C1C(=O)N(c3ccc(Br)cc3)C(=O)C1S2)Nc1ccccc1. The number of carbonyl (C=O) groups excluding carboxylic acids is 3. The van der Waals surface area contributed by atoms with Gasteiger partial charge in [-0.15, -0.1) is 11.3 Å². The lowest BCUT2D eigenvalue weighted by molar-refractivity contribution is -0.122. The topological polar surface area (TPSA) is 88.5 Å². The summed E-state index contributed by atoms with van der Waals surface area (Å²) >= 11 is 7.15. The van der Waals surface area contributed by atoms with Gasteiger partial charge < -0.3 is 5.32 Å². The van der Waals surface area contributed by atoms with Crippen LogP contribution in [-0.4, -0.2) is 27.5 Å². The Morgan fingerprint density at radius 2 is 1.70 bits per heavy atom. The number of imide groups is 1.